The molecule has 1 atom stereocenters. The quantitative estimate of drug-likeness (QED) is 0.803. The highest BCUT2D eigenvalue weighted by Crippen LogP contribution is 2.35. The number of hydrogen-bond acceptors (Lipinski definition) is 4. The minimum Gasteiger partial charge on any atom is -0.478 e. The Balaban J connectivity index is 2.47. The van der Waals surface area contributed by atoms with Gasteiger partial charge in [-0.2, -0.15) is 0 Å². The lowest BCUT2D eigenvalue weighted by molar-refractivity contribution is -0.147. The molecule has 0 aliphatic rings. The summed E-state index contributed by atoms with van der Waals surface area (Å²) in [6.45, 7) is 5.64. The maximum atomic E-state index is 11.4. The van der Waals surface area contributed by atoms with E-state index in [1.165, 1.54) is 7.11 Å². The Morgan fingerprint density at radius 1 is 1.35 bits per heavy atom. The van der Waals surface area contributed by atoms with Gasteiger partial charge in [-0.05, 0) is 60.5 Å². The van der Waals surface area contributed by atoms with Crippen LogP contribution in [0.2, 0.25) is 0 Å². The number of aryl methyl sites for hydroxylation is 2. The second-order valence-corrected chi connectivity index (χ2v) is 5.43. The molecule has 106 valence electrons. The Morgan fingerprint density at radius 3 is 2.70 bits per heavy atom. The molecular weight excluding hydrogens is 322 g/mol. The largest absolute Gasteiger partial charge is 0.478 e. The molecule has 0 amide bonds. The van der Waals surface area contributed by atoms with Gasteiger partial charge in [0.1, 0.15) is 5.75 Å². The molecule has 4 nitrogen and oxygen atoms in total. The van der Waals surface area contributed by atoms with Gasteiger partial charge in [0.05, 0.1) is 17.1 Å². The molecule has 2 aromatic rings. The Hall–Kier alpha value is -1.62. The first-order valence-corrected chi connectivity index (χ1v) is 7.04. The van der Waals surface area contributed by atoms with E-state index >= 15 is 0 Å². The maximum Gasteiger partial charge on any atom is 0.346 e. The second-order valence-electron chi connectivity index (χ2n) is 4.64. The van der Waals surface area contributed by atoms with Crippen molar-refractivity contribution in [1.82, 2.24) is 4.98 Å². The fourth-order valence-corrected chi connectivity index (χ4v) is 2.86. The zero-order valence-corrected chi connectivity index (χ0v) is 13.4. The average Bonchev–Trinajstić information content (AvgIpc) is 2.40. The summed E-state index contributed by atoms with van der Waals surface area (Å²) in [5, 5.41) is 0.991. The second kappa shape index (κ2) is 5.79. The summed E-state index contributed by atoms with van der Waals surface area (Å²) in [5.74, 6) is 0.194. The van der Waals surface area contributed by atoms with Crippen molar-refractivity contribution in [1.29, 1.82) is 0 Å². The average molecular weight is 338 g/mol. The van der Waals surface area contributed by atoms with E-state index in [9.17, 15) is 4.79 Å². The molecule has 20 heavy (non-hydrogen) atoms. The van der Waals surface area contributed by atoms with Crippen LogP contribution in [-0.4, -0.2) is 24.2 Å². The van der Waals surface area contributed by atoms with Crippen LogP contribution in [0.25, 0.3) is 10.9 Å². The van der Waals surface area contributed by atoms with E-state index < -0.39 is 12.1 Å². The number of fused-ring (bicyclic) bond motifs is 1. The van der Waals surface area contributed by atoms with Crippen molar-refractivity contribution in [3.05, 3.63) is 33.9 Å². The predicted molar refractivity (Wildman–Crippen MR) is 81.0 cm³/mol. The monoisotopic (exact) mass is 337 g/mol. The first-order chi connectivity index (χ1) is 9.43. The standard InChI is InChI=1S/C15H16BrNO3/c1-8-7-9(2)17-11-5-6-12(14(16)13(8)11)20-10(3)15(18)19-4/h5-7,10H,1-4H3. The zero-order chi connectivity index (χ0) is 14.9. The lowest BCUT2D eigenvalue weighted by atomic mass is 10.1. The maximum absolute atomic E-state index is 11.4. The van der Waals surface area contributed by atoms with Crippen molar-refractivity contribution in [3.63, 3.8) is 0 Å². The van der Waals surface area contributed by atoms with Gasteiger partial charge in [-0.15, -0.1) is 0 Å². The van der Waals surface area contributed by atoms with Crippen LogP contribution in [0.4, 0.5) is 0 Å². The molecule has 1 heterocycles. The first-order valence-electron chi connectivity index (χ1n) is 6.25. The van der Waals surface area contributed by atoms with Gasteiger partial charge in [-0.3, -0.25) is 4.98 Å². The normalized spacial score (nSPS) is 12.2. The van der Waals surface area contributed by atoms with Crippen LogP contribution in [0.15, 0.2) is 22.7 Å². The van der Waals surface area contributed by atoms with Gasteiger partial charge < -0.3 is 9.47 Å². The van der Waals surface area contributed by atoms with Crippen molar-refractivity contribution in [2.75, 3.05) is 7.11 Å². The van der Waals surface area contributed by atoms with E-state index in [1.807, 2.05) is 26.0 Å². The number of halogens is 1. The molecule has 0 bridgehead atoms. The summed E-state index contributed by atoms with van der Waals surface area (Å²) in [7, 11) is 1.34. The molecule has 0 N–H and O–H groups in total. The lowest BCUT2D eigenvalue weighted by Crippen LogP contribution is -2.25. The van der Waals surface area contributed by atoms with Gasteiger partial charge in [0.2, 0.25) is 0 Å². The number of esters is 1. The third kappa shape index (κ3) is 2.77. The SMILES string of the molecule is COC(=O)C(C)Oc1ccc2nc(C)cc(C)c2c1Br. The Labute approximate surface area is 126 Å². The van der Waals surface area contributed by atoms with Crippen molar-refractivity contribution in [2.45, 2.75) is 26.9 Å². The number of pyridine rings is 1. The van der Waals surface area contributed by atoms with E-state index in [-0.39, 0.29) is 0 Å². The summed E-state index contributed by atoms with van der Waals surface area (Å²) in [5.41, 5.74) is 2.97. The Morgan fingerprint density at radius 2 is 2.05 bits per heavy atom. The van der Waals surface area contributed by atoms with Crippen molar-refractivity contribution < 1.29 is 14.3 Å². The molecule has 0 fully saturated rings. The topological polar surface area (TPSA) is 48.4 Å². The summed E-state index contributed by atoms with van der Waals surface area (Å²) >= 11 is 3.54. The number of rotatable bonds is 3. The van der Waals surface area contributed by atoms with E-state index in [4.69, 9.17) is 4.74 Å². The molecule has 1 aromatic carbocycles. The summed E-state index contributed by atoms with van der Waals surface area (Å²) in [6, 6.07) is 5.71. The number of ether oxygens (including phenoxy) is 2. The number of carbonyl (C=O) groups excluding carboxylic acids is 1. The fraction of sp³-hybridized carbons (Fsp3) is 0.333. The van der Waals surface area contributed by atoms with E-state index in [0.29, 0.717) is 5.75 Å². The van der Waals surface area contributed by atoms with Crippen molar-refractivity contribution in [2.24, 2.45) is 0 Å². The number of carbonyl (C=O) groups is 1. The summed E-state index contributed by atoms with van der Waals surface area (Å²) in [6.07, 6.45) is -0.660. The van der Waals surface area contributed by atoms with Crippen LogP contribution in [-0.2, 0) is 9.53 Å². The van der Waals surface area contributed by atoms with Crippen LogP contribution in [0.3, 0.4) is 0 Å². The third-order valence-corrected chi connectivity index (χ3v) is 3.83. The summed E-state index contributed by atoms with van der Waals surface area (Å²) in [4.78, 5) is 15.9. The molecule has 1 aromatic heterocycles. The number of hydrogen-bond donors (Lipinski definition) is 0. The smallest absolute Gasteiger partial charge is 0.346 e. The molecule has 0 saturated heterocycles. The van der Waals surface area contributed by atoms with Crippen LogP contribution < -0.4 is 4.74 Å². The molecular formula is C15H16BrNO3. The lowest BCUT2D eigenvalue weighted by Gasteiger charge is -2.15. The third-order valence-electron chi connectivity index (χ3n) is 3.04. The van der Waals surface area contributed by atoms with Gasteiger partial charge in [0, 0.05) is 11.1 Å². The Bertz CT molecular complexity index is 670. The summed E-state index contributed by atoms with van der Waals surface area (Å²) < 4.78 is 11.1. The van der Waals surface area contributed by atoms with Gasteiger partial charge in [0.25, 0.3) is 0 Å². The number of nitrogens with zero attached hydrogens (tertiary/aromatic N) is 1. The van der Waals surface area contributed by atoms with Gasteiger partial charge in [-0.1, -0.05) is 0 Å². The van der Waals surface area contributed by atoms with Gasteiger partial charge in [0.15, 0.2) is 6.10 Å². The zero-order valence-electron chi connectivity index (χ0n) is 11.9. The number of aromatic nitrogens is 1. The van der Waals surface area contributed by atoms with Gasteiger partial charge in [-0.25, -0.2) is 4.79 Å². The van der Waals surface area contributed by atoms with E-state index in [1.54, 1.807) is 13.0 Å². The van der Waals surface area contributed by atoms with E-state index in [0.717, 1.165) is 26.6 Å². The van der Waals surface area contributed by atoms with Crippen molar-refractivity contribution >= 4 is 32.8 Å². The fourth-order valence-electron chi connectivity index (χ4n) is 2.12. The minimum absolute atomic E-state index is 0.407. The first kappa shape index (κ1) is 14.8. The van der Waals surface area contributed by atoms with E-state index in [2.05, 4.69) is 25.7 Å². The molecule has 1 unspecified atom stereocenters. The highest BCUT2D eigenvalue weighted by atomic mass is 79.9. The molecule has 0 aliphatic carbocycles. The van der Waals surface area contributed by atoms with Crippen LogP contribution >= 0.6 is 15.9 Å². The van der Waals surface area contributed by atoms with Crippen molar-refractivity contribution in [3.8, 4) is 5.75 Å². The molecule has 0 aliphatic heterocycles. The van der Waals surface area contributed by atoms with Crippen LogP contribution in [0.1, 0.15) is 18.2 Å². The predicted octanol–water partition coefficient (Wildman–Crippen LogP) is 3.55. The minimum atomic E-state index is -0.660. The number of benzene rings is 1. The van der Waals surface area contributed by atoms with Crippen LogP contribution in [0, 0.1) is 13.8 Å². The highest BCUT2D eigenvalue weighted by Gasteiger charge is 2.18. The molecule has 5 heteroatoms. The van der Waals surface area contributed by atoms with Gasteiger partial charge >= 0.3 is 5.97 Å². The highest BCUT2D eigenvalue weighted by molar-refractivity contribution is 9.10. The van der Waals surface area contributed by atoms with Crippen LogP contribution in [0.5, 0.6) is 5.75 Å². The molecule has 2 rings (SSSR count). The molecule has 0 saturated carbocycles. The molecule has 0 radical (unpaired) electrons. The Kier molecular flexibility index (Phi) is 4.28. The number of methoxy groups -OCH3 is 1. The molecule has 0 spiro atoms.